The van der Waals surface area contributed by atoms with Crippen molar-refractivity contribution in [3.63, 3.8) is 0 Å². The fourth-order valence-corrected chi connectivity index (χ4v) is 3.79. The zero-order valence-electron chi connectivity index (χ0n) is 11.4. The molecule has 2 aromatic heterocycles. The van der Waals surface area contributed by atoms with E-state index in [-0.39, 0.29) is 6.04 Å². The summed E-state index contributed by atoms with van der Waals surface area (Å²) < 4.78 is 1.27. The molecule has 3 heteroatoms. The highest BCUT2D eigenvalue weighted by Gasteiger charge is 2.16. The molecule has 21 heavy (non-hydrogen) atoms. The fourth-order valence-electron chi connectivity index (χ4n) is 2.79. The Bertz CT molecular complexity index is 921. The Hall–Kier alpha value is -2.23. The number of fused-ring (bicyclic) bond motifs is 2. The number of rotatable bonds is 2. The van der Waals surface area contributed by atoms with Crippen LogP contribution in [0.15, 0.2) is 66.3 Å². The van der Waals surface area contributed by atoms with Crippen LogP contribution in [0.1, 0.15) is 17.2 Å². The maximum atomic E-state index is 6.56. The van der Waals surface area contributed by atoms with Crippen molar-refractivity contribution in [1.82, 2.24) is 4.98 Å². The molecule has 2 nitrogen and oxygen atoms in total. The first kappa shape index (κ1) is 12.5. The highest BCUT2D eigenvalue weighted by Crippen LogP contribution is 2.34. The van der Waals surface area contributed by atoms with E-state index >= 15 is 0 Å². The van der Waals surface area contributed by atoms with E-state index in [0.29, 0.717) is 0 Å². The molecule has 0 radical (unpaired) electrons. The van der Waals surface area contributed by atoms with E-state index in [9.17, 15) is 0 Å². The van der Waals surface area contributed by atoms with Crippen molar-refractivity contribution in [2.24, 2.45) is 5.73 Å². The molecule has 1 unspecified atom stereocenters. The molecular formula is C18H14N2S. The Morgan fingerprint density at radius 1 is 0.857 bits per heavy atom. The molecule has 2 aromatic carbocycles. The first-order chi connectivity index (χ1) is 10.3. The topological polar surface area (TPSA) is 38.9 Å². The average Bonchev–Trinajstić information content (AvgIpc) is 2.98. The van der Waals surface area contributed by atoms with Gasteiger partial charge in [0.1, 0.15) is 0 Å². The van der Waals surface area contributed by atoms with Gasteiger partial charge in [0, 0.05) is 22.5 Å². The van der Waals surface area contributed by atoms with Crippen LogP contribution >= 0.6 is 11.3 Å². The molecule has 0 fully saturated rings. The Balaban J connectivity index is 1.92. The maximum Gasteiger partial charge on any atom is 0.0587 e. The molecule has 0 bridgehead atoms. The monoisotopic (exact) mass is 290 g/mol. The van der Waals surface area contributed by atoms with Gasteiger partial charge in [-0.05, 0) is 33.3 Å². The molecule has 0 saturated carbocycles. The van der Waals surface area contributed by atoms with Crippen molar-refractivity contribution in [2.75, 3.05) is 0 Å². The molecule has 0 saturated heterocycles. The summed E-state index contributed by atoms with van der Waals surface area (Å²) in [5.74, 6) is 0. The maximum absolute atomic E-state index is 6.56. The van der Waals surface area contributed by atoms with Gasteiger partial charge < -0.3 is 5.73 Å². The van der Waals surface area contributed by atoms with E-state index in [1.165, 1.54) is 21.0 Å². The van der Waals surface area contributed by atoms with E-state index in [2.05, 4.69) is 46.8 Å². The molecule has 102 valence electrons. The summed E-state index contributed by atoms with van der Waals surface area (Å²) in [6, 6.07) is 16.5. The number of aromatic nitrogens is 1. The third kappa shape index (κ3) is 2.02. The number of pyridine rings is 1. The summed E-state index contributed by atoms with van der Waals surface area (Å²) >= 11 is 1.74. The molecule has 0 amide bonds. The summed E-state index contributed by atoms with van der Waals surface area (Å²) in [5.41, 5.74) is 8.81. The average molecular weight is 290 g/mol. The van der Waals surface area contributed by atoms with Gasteiger partial charge in [-0.3, -0.25) is 4.98 Å². The van der Waals surface area contributed by atoms with Crippen LogP contribution in [0.4, 0.5) is 0 Å². The van der Waals surface area contributed by atoms with Crippen LogP contribution in [-0.4, -0.2) is 4.98 Å². The molecule has 0 aliphatic rings. The second kappa shape index (κ2) is 4.95. The lowest BCUT2D eigenvalue weighted by molar-refractivity contribution is 0.887. The lowest BCUT2D eigenvalue weighted by atomic mass is 9.96. The van der Waals surface area contributed by atoms with Crippen molar-refractivity contribution in [3.8, 4) is 0 Å². The lowest BCUT2D eigenvalue weighted by Gasteiger charge is -2.14. The van der Waals surface area contributed by atoms with Gasteiger partial charge in [-0.25, -0.2) is 0 Å². The molecule has 2 N–H and O–H groups in total. The highest BCUT2D eigenvalue weighted by atomic mass is 32.1. The zero-order chi connectivity index (χ0) is 14.2. The first-order valence-corrected chi connectivity index (χ1v) is 7.77. The van der Waals surface area contributed by atoms with Crippen molar-refractivity contribution >= 4 is 32.2 Å². The number of thiophene rings is 1. The molecule has 0 spiro atoms. The summed E-state index contributed by atoms with van der Waals surface area (Å²) in [4.78, 5) is 4.35. The van der Waals surface area contributed by atoms with Gasteiger partial charge in [-0.15, -0.1) is 11.3 Å². The zero-order valence-corrected chi connectivity index (χ0v) is 12.2. The van der Waals surface area contributed by atoms with Gasteiger partial charge in [0.2, 0.25) is 0 Å². The van der Waals surface area contributed by atoms with E-state index < -0.39 is 0 Å². The molecule has 4 aromatic rings. The van der Waals surface area contributed by atoms with Crippen LogP contribution in [0, 0.1) is 0 Å². The van der Waals surface area contributed by atoms with Gasteiger partial charge in [0.25, 0.3) is 0 Å². The van der Waals surface area contributed by atoms with Crippen LogP contribution in [0.2, 0.25) is 0 Å². The number of benzene rings is 2. The molecule has 2 heterocycles. The van der Waals surface area contributed by atoms with Crippen LogP contribution in [-0.2, 0) is 0 Å². The quantitative estimate of drug-likeness (QED) is 0.590. The Morgan fingerprint density at radius 2 is 1.62 bits per heavy atom. The molecule has 4 rings (SSSR count). The van der Waals surface area contributed by atoms with E-state index in [1.54, 1.807) is 11.3 Å². The van der Waals surface area contributed by atoms with Gasteiger partial charge in [0.05, 0.1) is 6.04 Å². The predicted octanol–water partition coefficient (Wildman–Crippen LogP) is 4.50. The number of hydrogen-bond donors (Lipinski definition) is 1. The summed E-state index contributed by atoms with van der Waals surface area (Å²) in [7, 11) is 0. The van der Waals surface area contributed by atoms with Gasteiger partial charge >= 0.3 is 0 Å². The summed E-state index contributed by atoms with van der Waals surface area (Å²) in [6.07, 6.45) is 3.77. The fraction of sp³-hybridized carbons (Fsp3) is 0.0556. The van der Waals surface area contributed by atoms with Crippen molar-refractivity contribution in [2.45, 2.75) is 6.04 Å². The second-order valence-corrected chi connectivity index (χ2v) is 6.03. The Morgan fingerprint density at radius 3 is 2.52 bits per heavy atom. The number of hydrogen-bond acceptors (Lipinski definition) is 3. The van der Waals surface area contributed by atoms with E-state index in [4.69, 9.17) is 5.73 Å². The van der Waals surface area contributed by atoms with Crippen LogP contribution < -0.4 is 5.73 Å². The van der Waals surface area contributed by atoms with Crippen molar-refractivity contribution in [3.05, 3.63) is 77.4 Å². The van der Waals surface area contributed by atoms with Crippen molar-refractivity contribution in [1.29, 1.82) is 0 Å². The molecule has 0 aliphatic carbocycles. The lowest BCUT2D eigenvalue weighted by Crippen LogP contribution is -2.12. The summed E-state index contributed by atoms with van der Waals surface area (Å²) in [6.45, 7) is 0. The predicted molar refractivity (Wildman–Crippen MR) is 89.6 cm³/mol. The minimum Gasteiger partial charge on any atom is -0.320 e. The second-order valence-electron chi connectivity index (χ2n) is 5.11. The Labute approximate surface area is 126 Å². The smallest absolute Gasteiger partial charge is 0.0587 e. The van der Waals surface area contributed by atoms with Crippen LogP contribution in [0.3, 0.4) is 0 Å². The summed E-state index contributed by atoms with van der Waals surface area (Å²) in [5, 5.41) is 5.71. The molecule has 1 atom stereocenters. The van der Waals surface area contributed by atoms with Crippen LogP contribution in [0.25, 0.3) is 20.9 Å². The minimum atomic E-state index is -0.153. The largest absolute Gasteiger partial charge is 0.320 e. The number of nitrogens with zero attached hydrogens (tertiary/aromatic N) is 1. The van der Waals surface area contributed by atoms with Gasteiger partial charge in [0.15, 0.2) is 0 Å². The van der Waals surface area contributed by atoms with Gasteiger partial charge in [-0.1, -0.05) is 42.5 Å². The highest BCUT2D eigenvalue weighted by molar-refractivity contribution is 7.17. The van der Waals surface area contributed by atoms with Gasteiger partial charge in [-0.2, -0.15) is 0 Å². The molecular weight excluding hydrogens is 276 g/mol. The number of nitrogens with two attached hydrogens (primary N) is 1. The normalized spacial score (nSPS) is 12.8. The standard InChI is InChI=1S/C18H14N2S/c19-18(16-11-21-17-8-4-3-7-14(16)17)15-10-20-9-12-5-1-2-6-13(12)15/h1-11,18H,19H2. The minimum absolute atomic E-state index is 0.153. The molecule has 0 aliphatic heterocycles. The van der Waals surface area contributed by atoms with Crippen molar-refractivity contribution < 1.29 is 0 Å². The van der Waals surface area contributed by atoms with E-state index in [0.717, 1.165) is 10.9 Å². The third-order valence-electron chi connectivity index (χ3n) is 3.88. The van der Waals surface area contributed by atoms with Crippen LogP contribution in [0.5, 0.6) is 0 Å². The SMILES string of the molecule is NC(c1cncc2ccccc12)c1csc2ccccc12. The third-order valence-corrected chi connectivity index (χ3v) is 4.86. The Kier molecular flexibility index (Phi) is 2.95. The first-order valence-electron chi connectivity index (χ1n) is 6.89. The van der Waals surface area contributed by atoms with E-state index in [1.807, 2.05) is 24.5 Å².